The van der Waals surface area contributed by atoms with Crippen LogP contribution >= 0.6 is 0 Å². The molecule has 0 aromatic carbocycles. The van der Waals surface area contributed by atoms with Crippen LogP contribution in [0.2, 0.25) is 0 Å². The fourth-order valence-electron chi connectivity index (χ4n) is 0.675. The summed E-state index contributed by atoms with van der Waals surface area (Å²) in [6, 6.07) is 0. The Bertz CT molecular complexity index is 258. The molecule has 2 unspecified atom stereocenters. The zero-order chi connectivity index (χ0) is 10.0. The van der Waals surface area contributed by atoms with Gasteiger partial charge in [-0.15, -0.1) is 0 Å². The molecule has 13 heavy (non-hydrogen) atoms. The van der Waals surface area contributed by atoms with Crippen molar-refractivity contribution in [3.8, 4) is 0 Å². The van der Waals surface area contributed by atoms with E-state index in [1.54, 1.807) is 0 Å². The third kappa shape index (κ3) is 2.01. The Labute approximate surface area is 71.9 Å². The Morgan fingerprint density at radius 2 is 1.62 bits per heavy atom. The Hall–Kier alpha value is -1.47. The lowest BCUT2D eigenvalue weighted by Gasteiger charge is -2.17. The molecule has 0 amide bonds. The second-order valence-electron chi connectivity index (χ2n) is 2.29. The number of ether oxygens (including phenoxy) is 2. The van der Waals surface area contributed by atoms with E-state index >= 15 is 0 Å². The lowest BCUT2D eigenvalue weighted by molar-refractivity contribution is -0.187. The van der Waals surface area contributed by atoms with Crippen molar-refractivity contribution < 1.29 is 34.1 Å². The minimum atomic E-state index is -2.09. The molecule has 1 fully saturated rings. The zero-order valence-electron chi connectivity index (χ0n) is 6.30. The van der Waals surface area contributed by atoms with E-state index in [1.165, 1.54) is 0 Å². The Morgan fingerprint density at radius 1 is 1.08 bits per heavy atom. The number of rotatable bonds is 0. The highest BCUT2D eigenvalue weighted by Gasteiger charge is 2.36. The number of cyclic esters (lactones) is 3. The minimum absolute atomic E-state index is 0.756. The molecule has 2 N–H and O–H groups in total. The van der Waals surface area contributed by atoms with Gasteiger partial charge in [-0.3, -0.25) is 0 Å². The fourth-order valence-corrected chi connectivity index (χ4v) is 0.675. The molecule has 0 aromatic heterocycles. The summed E-state index contributed by atoms with van der Waals surface area (Å²) in [5, 5.41) is 17.7. The number of carbonyl (C=O) groups is 3. The van der Waals surface area contributed by atoms with Gasteiger partial charge in [-0.25, -0.2) is 14.4 Å². The van der Waals surface area contributed by atoms with Gasteiger partial charge in [0.1, 0.15) is 0 Å². The summed E-state index contributed by atoms with van der Waals surface area (Å²) < 4.78 is 8.11. The predicted octanol–water partition coefficient (Wildman–Crippen LogP) is -2.67. The standard InChI is InChI=1S/C6H6O7/c7-2-1-12-5(10)3(8)4(9)6(11)13-2/h3-4,8-9H,1H2. The lowest BCUT2D eigenvalue weighted by atomic mass is 10.2. The number of esters is 3. The highest BCUT2D eigenvalue weighted by molar-refractivity contribution is 5.94. The molecule has 0 aromatic rings. The van der Waals surface area contributed by atoms with Crippen LogP contribution in [0, 0.1) is 0 Å². The molecule has 1 heterocycles. The molecule has 1 rings (SSSR count). The van der Waals surface area contributed by atoms with Crippen LogP contribution in [0.1, 0.15) is 0 Å². The fraction of sp³-hybridized carbons (Fsp3) is 0.500. The van der Waals surface area contributed by atoms with Crippen LogP contribution in [0.3, 0.4) is 0 Å². The average molecular weight is 190 g/mol. The van der Waals surface area contributed by atoms with Gasteiger partial charge >= 0.3 is 17.9 Å². The van der Waals surface area contributed by atoms with Crippen LogP contribution in [-0.4, -0.2) is 46.9 Å². The van der Waals surface area contributed by atoms with Crippen molar-refractivity contribution in [1.29, 1.82) is 0 Å². The minimum Gasteiger partial charge on any atom is -0.452 e. The summed E-state index contributed by atoms with van der Waals surface area (Å²) in [5.41, 5.74) is 0. The van der Waals surface area contributed by atoms with Gasteiger partial charge in [0.25, 0.3) is 0 Å². The molecular weight excluding hydrogens is 184 g/mol. The van der Waals surface area contributed by atoms with Crippen LogP contribution < -0.4 is 0 Å². The quantitative estimate of drug-likeness (QED) is 0.316. The van der Waals surface area contributed by atoms with Crippen molar-refractivity contribution in [3.63, 3.8) is 0 Å². The van der Waals surface area contributed by atoms with Crippen LogP contribution in [-0.2, 0) is 23.9 Å². The Balaban J connectivity index is 2.79. The average Bonchev–Trinajstić information content (AvgIpc) is 2.10. The SMILES string of the molecule is O=C1COC(=O)C(O)C(O)C(=O)O1. The van der Waals surface area contributed by atoms with E-state index in [-0.39, 0.29) is 0 Å². The van der Waals surface area contributed by atoms with Crippen molar-refractivity contribution in [2.75, 3.05) is 6.61 Å². The van der Waals surface area contributed by atoms with Crippen molar-refractivity contribution in [2.24, 2.45) is 0 Å². The second kappa shape index (κ2) is 3.50. The second-order valence-corrected chi connectivity index (χ2v) is 2.29. The highest BCUT2D eigenvalue weighted by atomic mass is 16.6. The third-order valence-corrected chi connectivity index (χ3v) is 1.33. The monoisotopic (exact) mass is 190 g/mol. The van der Waals surface area contributed by atoms with E-state index in [2.05, 4.69) is 9.47 Å². The summed E-state index contributed by atoms with van der Waals surface area (Å²) in [7, 11) is 0. The van der Waals surface area contributed by atoms with Crippen LogP contribution in [0.15, 0.2) is 0 Å². The molecule has 2 atom stereocenters. The molecule has 7 heteroatoms. The van der Waals surface area contributed by atoms with Crippen molar-refractivity contribution in [3.05, 3.63) is 0 Å². The van der Waals surface area contributed by atoms with E-state index in [0.717, 1.165) is 0 Å². The van der Waals surface area contributed by atoms with Crippen LogP contribution in [0.4, 0.5) is 0 Å². The molecule has 1 aliphatic heterocycles. The van der Waals surface area contributed by atoms with Crippen molar-refractivity contribution in [2.45, 2.75) is 12.2 Å². The zero-order valence-corrected chi connectivity index (χ0v) is 6.30. The van der Waals surface area contributed by atoms with E-state index in [9.17, 15) is 14.4 Å². The van der Waals surface area contributed by atoms with Crippen LogP contribution in [0.25, 0.3) is 0 Å². The Morgan fingerprint density at radius 3 is 2.23 bits per heavy atom. The predicted molar refractivity (Wildman–Crippen MR) is 34.1 cm³/mol. The third-order valence-electron chi connectivity index (χ3n) is 1.33. The van der Waals surface area contributed by atoms with Gasteiger partial charge in [-0.1, -0.05) is 0 Å². The van der Waals surface area contributed by atoms with E-state index in [4.69, 9.17) is 10.2 Å². The molecule has 0 spiro atoms. The lowest BCUT2D eigenvalue weighted by Crippen LogP contribution is -2.45. The van der Waals surface area contributed by atoms with E-state index in [1.807, 2.05) is 0 Å². The molecular formula is C6H6O7. The summed E-state index contributed by atoms with van der Waals surface area (Å²) >= 11 is 0. The number of aliphatic hydroxyl groups is 2. The number of carbonyl (C=O) groups excluding carboxylic acids is 3. The molecule has 0 bridgehead atoms. The molecule has 0 aliphatic carbocycles. The summed E-state index contributed by atoms with van der Waals surface area (Å²) in [5.74, 6) is -3.70. The van der Waals surface area contributed by atoms with Gasteiger partial charge in [0, 0.05) is 0 Å². The van der Waals surface area contributed by atoms with Crippen molar-refractivity contribution >= 4 is 17.9 Å². The molecule has 1 aliphatic rings. The van der Waals surface area contributed by atoms with Crippen LogP contribution in [0.5, 0.6) is 0 Å². The largest absolute Gasteiger partial charge is 0.452 e. The first-order chi connectivity index (χ1) is 6.02. The summed E-state index contributed by atoms with van der Waals surface area (Å²) in [6.45, 7) is -0.756. The van der Waals surface area contributed by atoms with Gasteiger partial charge in [0.05, 0.1) is 0 Å². The number of aliphatic hydroxyl groups excluding tert-OH is 2. The Kier molecular flexibility index (Phi) is 2.59. The molecule has 0 saturated carbocycles. The summed E-state index contributed by atoms with van der Waals surface area (Å²) in [4.78, 5) is 31.9. The van der Waals surface area contributed by atoms with Gasteiger partial charge < -0.3 is 19.7 Å². The van der Waals surface area contributed by atoms with Gasteiger partial charge in [-0.05, 0) is 0 Å². The molecule has 72 valence electrons. The number of hydrogen-bond acceptors (Lipinski definition) is 7. The summed E-state index contributed by atoms with van der Waals surface area (Å²) in [6.07, 6.45) is -4.10. The van der Waals surface area contributed by atoms with E-state index in [0.29, 0.717) is 0 Å². The first-order valence-corrected chi connectivity index (χ1v) is 3.29. The van der Waals surface area contributed by atoms with Gasteiger partial charge in [0.15, 0.2) is 18.8 Å². The normalized spacial score (nSPS) is 30.2. The van der Waals surface area contributed by atoms with E-state index < -0.39 is 36.7 Å². The van der Waals surface area contributed by atoms with Crippen molar-refractivity contribution in [1.82, 2.24) is 0 Å². The maximum absolute atomic E-state index is 10.7. The maximum atomic E-state index is 10.7. The smallest absolute Gasteiger partial charge is 0.351 e. The first-order valence-electron chi connectivity index (χ1n) is 3.29. The highest BCUT2D eigenvalue weighted by Crippen LogP contribution is 2.03. The molecule has 0 radical (unpaired) electrons. The maximum Gasteiger partial charge on any atom is 0.351 e. The van der Waals surface area contributed by atoms with Gasteiger partial charge in [0.2, 0.25) is 0 Å². The number of hydrogen-bond donors (Lipinski definition) is 2. The first kappa shape index (κ1) is 9.62. The molecule has 7 nitrogen and oxygen atoms in total. The van der Waals surface area contributed by atoms with Gasteiger partial charge in [-0.2, -0.15) is 0 Å². The topological polar surface area (TPSA) is 110 Å². The molecule has 1 saturated heterocycles.